The van der Waals surface area contributed by atoms with Gasteiger partial charge in [-0.05, 0) is 36.2 Å². The topological polar surface area (TPSA) is 83.9 Å². The Hall–Kier alpha value is -1.93. The summed E-state index contributed by atoms with van der Waals surface area (Å²) in [5.74, 6) is -0.570. The molecule has 0 radical (unpaired) electrons. The predicted octanol–water partition coefficient (Wildman–Crippen LogP) is 6.00. The van der Waals surface area contributed by atoms with Crippen LogP contribution in [-0.4, -0.2) is 56.4 Å². The fourth-order valence-electron chi connectivity index (χ4n) is 3.50. The minimum Gasteiger partial charge on any atom is -0.481 e. The van der Waals surface area contributed by atoms with Crippen molar-refractivity contribution in [2.45, 2.75) is 58.7 Å². The molecule has 0 saturated carbocycles. The Labute approximate surface area is 221 Å². The van der Waals surface area contributed by atoms with Crippen LogP contribution in [0.15, 0.2) is 54.6 Å². The van der Waals surface area contributed by atoms with Crippen molar-refractivity contribution >= 4 is 45.9 Å². The van der Waals surface area contributed by atoms with Crippen LogP contribution in [0.25, 0.3) is 0 Å². The number of hydrogen-bond donors (Lipinski definition) is 1. The Kier molecular flexibility index (Phi) is 14.8. The van der Waals surface area contributed by atoms with Gasteiger partial charge >= 0.3 is 5.97 Å². The number of ether oxygens (including phenoxy) is 1. The van der Waals surface area contributed by atoms with Gasteiger partial charge in [-0.3, -0.25) is 13.8 Å². The number of hydrogen-bond acceptors (Lipinski definition) is 4. The molecule has 9 heteroatoms. The van der Waals surface area contributed by atoms with Crippen LogP contribution >= 0.6 is 23.2 Å². The average molecular weight is 545 g/mol. The molecule has 0 aliphatic carbocycles. The van der Waals surface area contributed by atoms with E-state index in [9.17, 15) is 13.8 Å². The summed E-state index contributed by atoms with van der Waals surface area (Å²) in [4.78, 5) is 25.7. The number of benzene rings is 2. The number of halogens is 2. The summed E-state index contributed by atoms with van der Waals surface area (Å²) >= 11 is 11.5. The lowest BCUT2D eigenvalue weighted by atomic mass is 9.99. The molecular formula is C26H35Cl2NO5S. The number of carboxylic acids is 1. The Morgan fingerprint density at radius 2 is 1.66 bits per heavy atom. The molecule has 1 aliphatic rings. The number of nitrogens with zero attached hydrogens (tertiary/aromatic N) is 1. The third kappa shape index (κ3) is 10.3. The predicted molar refractivity (Wildman–Crippen MR) is 143 cm³/mol. The fraction of sp³-hybridized carbons (Fsp3) is 0.462. The molecular weight excluding hydrogens is 509 g/mol. The van der Waals surface area contributed by atoms with Crippen LogP contribution < -0.4 is 0 Å². The van der Waals surface area contributed by atoms with E-state index in [1.165, 1.54) is 0 Å². The maximum Gasteiger partial charge on any atom is 0.306 e. The number of carboxylic acid groups (broad SMARTS) is 1. The number of amides is 1. The zero-order valence-electron chi connectivity index (χ0n) is 20.7. The first-order valence-corrected chi connectivity index (χ1v) is 14.0. The van der Waals surface area contributed by atoms with Gasteiger partial charge in [0, 0.05) is 38.4 Å². The largest absolute Gasteiger partial charge is 0.481 e. The molecule has 4 atom stereocenters. The summed E-state index contributed by atoms with van der Waals surface area (Å²) in [6.07, 6.45) is -0.766. The fourth-order valence-corrected chi connectivity index (χ4v) is 4.83. The first-order chi connectivity index (χ1) is 16.8. The summed E-state index contributed by atoms with van der Waals surface area (Å²) in [5.41, 5.74) is 0.859. The molecule has 1 fully saturated rings. The van der Waals surface area contributed by atoms with Gasteiger partial charge in [0.1, 0.15) is 6.10 Å². The first-order valence-electron chi connectivity index (χ1n) is 11.7. The molecule has 1 amide bonds. The molecule has 0 spiro atoms. The maximum absolute atomic E-state index is 13.0. The van der Waals surface area contributed by atoms with E-state index in [0.717, 1.165) is 10.6 Å². The van der Waals surface area contributed by atoms with Crippen LogP contribution in [0.4, 0.5) is 0 Å². The highest BCUT2D eigenvalue weighted by Gasteiger charge is 2.41. The normalized spacial score (nSPS) is 18.9. The number of morpholine rings is 1. The summed E-state index contributed by atoms with van der Waals surface area (Å²) in [7, 11) is -1.04. The Morgan fingerprint density at radius 1 is 1.09 bits per heavy atom. The zero-order chi connectivity index (χ0) is 26.4. The first kappa shape index (κ1) is 31.1. The Balaban J connectivity index is 0.000000574. The van der Waals surface area contributed by atoms with Crippen LogP contribution in [0.2, 0.25) is 10.0 Å². The molecule has 3 rings (SSSR count). The number of aliphatic carboxylic acids is 1. The summed E-state index contributed by atoms with van der Waals surface area (Å²) in [5, 5.41) is 10.4. The van der Waals surface area contributed by atoms with E-state index < -0.39 is 22.9 Å². The molecule has 1 N–H and O–H groups in total. The Bertz CT molecular complexity index is 927. The third-order valence-corrected chi connectivity index (χ3v) is 7.14. The molecule has 2 aromatic carbocycles. The highest BCUT2D eigenvalue weighted by molar-refractivity contribution is 7.85. The van der Waals surface area contributed by atoms with Gasteiger partial charge in [0.25, 0.3) is 5.91 Å². The van der Waals surface area contributed by atoms with Gasteiger partial charge in [0.05, 0.1) is 19.1 Å². The maximum atomic E-state index is 13.0. The van der Waals surface area contributed by atoms with Crippen molar-refractivity contribution in [2.75, 3.05) is 18.1 Å². The highest BCUT2D eigenvalue weighted by atomic mass is 35.5. The molecule has 1 aliphatic heterocycles. The standard InChI is InChI=1S/C18H24ClNO5S.C6H5Cl.C2H6/c1-3-14(11-26(24)4-2)20-15(12-5-7-13(19)8-6-12)10-25-16(18(20)23)9-17(21)22;7-6-4-2-1-3-5-6;1-2/h5-8,14-16H,3-4,9-11H2,1-2H3,(H,21,22);1-5H;1-2H3. The number of rotatable bonds is 8. The molecule has 0 bridgehead atoms. The SMILES string of the molecule is CC.CCC(CS(=O)CC)N1C(=O)C(CC(=O)O)OCC1c1ccc(Cl)cc1.Clc1ccccc1. The molecule has 1 saturated heterocycles. The molecule has 0 aromatic heterocycles. The molecule has 4 unspecified atom stereocenters. The minimum absolute atomic E-state index is 0.195. The minimum atomic E-state index is -1.08. The lowest BCUT2D eigenvalue weighted by Crippen LogP contribution is -2.55. The van der Waals surface area contributed by atoms with Crippen LogP contribution in [0, 0.1) is 0 Å². The van der Waals surface area contributed by atoms with Crippen LogP contribution in [-0.2, 0) is 25.1 Å². The van der Waals surface area contributed by atoms with Crippen molar-refractivity contribution in [1.82, 2.24) is 4.90 Å². The van der Waals surface area contributed by atoms with Gasteiger partial charge in [-0.25, -0.2) is 0 Å². The highest BCUT2D eigenvalue weighted by Crippen LogP contribution is 2.32. The van der Waals surface area contributed by atoms with E-state index in [2.05, 4.69) is 0 Å². The van der Waals surface area contributed by atoms with Crippen LogP contribution in [0.5, 0.6) is 0 Å². The second-order valence-corrected chi connectivity index (χ2v) is 10.1. The van der Waals surface area contributed by atoms with E-state index in [1.807, 2.05) is 70.2 Å². The summed E-state index contributed by atoms with van der Waals surface area (Å²) in [6, 6.07) is 16.0. The molecule has 1 heterocycles. The van der Waals surface area contributed by atoms with Crippen molar-refractivity contribution in [3.05, 3.63) is 70.2 Å². The smallest absolute Gasteiger partial charge is 0.306 e. The lowest BCUT2D eigenvalue weighted by Gasteiger charge is -2.43. The second-order valence-electron chi connectivity index (χ2n) is 7.49. The van der Waals surface area contributed by atoms with E-state index in [-0.39, 0.29) is 31.0 Å². The van der Waals surface area contributed by atoms with E-state index >= 15 is 0 Å². The van der Waals surface area contributed by atoms with Crippen LogP contribution in [0.3, 0.4) is 0 Å². The summed E-state index contributed by atoms with van der Waals surface area (Å²) in [6.45, 7) is 7.97. The quantitative estimate of drug-likeness (QED) is 0.441. The van der Waals surface area contributed by atoms with Crippen molar-refractivity contribution in [2.24, 2.45) is 0 Å². The second kappa shape index (κ2) is 16.7. The molecule has 35 heavy (non-hydrogen) atoms. The molecule has 6 nitrogen and oxygen atoms in total. The van der Waals surface area contributed by atoms with Crippen molar-refractivity contribution in [1.29, 1.82) is 0 Å². The van der Waals surface area contributed by atoms with Crippen LogP contribution in [0.1, 0.15) is 52.1 Å². The Morgan fingerprint density at radius 3 is 2.11 bits per heavy atom. The van der Waals surface area contributed by atoms with Crippen molar-refractivity contribution in [3.8, 4) is 0 Å². The van der Waals surface area contributed by atoms with Gasteiger partial charge in [0.15, 0.2) is 0 Å². The van der Waals surface area contributed by atoms with Gasteiger partial charge in [-0.15, -0.1) is 0 Å². The van der Waals surface area contributed by atoms with Crippen molar-refractivity contribution < 1.29 is 23.6 Å². The van der Waals surface area contributed by atoms with Gasteiger partial charge in [-0.1, -0.05) is 81.2 Å². The molecule has 2 aromatic rings. The number of carbonyl (C=O) groups excluding carboxylic acids is 1. The monoisotopic (exact) mass is 543 g/mol. The van der Waals surface area contributed by atoms with Gasteiger partial charge in [-0.2, -0.15) is 0 Å². The third-order valence-electron chi connectivity index (χ3n) is 5.23. The van der Waals surface area contributed by atoms with E-state index in [1.54, 1.807) is 17.0 Å². The van der Waals surface area contributed by atoms with Crippen molar-refractivity contribution in [3.63, 3.8) is 0 Å². The van der Waals surface area contributed by atoms with Gasteiger partial charge in [0.2, 0.25) is 0 Å². The number of carbonyl (C=O) groups is 2. The lowest BCUT2D eigenvalue weighted by molar-refractivity contribution is -0.168. The molecule has 194 valence electrons. The zero-order valence-corrected chi connectivity index (χ0v) is 23.0. The van der Waals surface area contributed by atoms with E-state index in [0.29, 0.717) is 22.9 Å². The van der Waals surface area contributed by atoms with Gasteiger partial charge < -0.3 is 14.7 Å². The average Bonchev–Trinajstić information content (AvgIpc) is 2.86. The summed E-state index contributed by atoms with van der Waals surface area (Å²) < 4.78 is 17.7. The van der Waals surface area contributed by atoms with E-state index in [4.69, 9.17) is 33.0 Å².